The molecule has 2 heterocycles. The van der Waals surface area contributed by atoms with E-state index in [0.29, 0.717) is 5.56 Å². The van der Waals surface area contributed by atoms with Crippen LogP contribution in [0.15, 0.2) is 54.6 Å². The number of piperazine rings is 1. The molecule has 1 saturated heterocycles. The summed E-state index contributed by atoms with van der Waals surface area (Å²) in [4.78, 5) is 17.7. The Hall–Kier alpha value is -3.05. The Morgan fingerprint density at radius 2 is 1.57 bits per heavy atom. The maximum atomic E-state index is 13.0. The fraction of sp³-hybridized carbons (Fsp3) is 0.320. The van der Waals surface area contributed by atoms with Crippen molar-refractivity contribution >= 4 is 17.3 Å². The first-order valence-electron chi connectivity index (χ1n) is 10.5. The van der Waals surface area contributed by atoms with Gasteiger partial charge in [-0.05, 0) is 75.8 Å². The highest BCUT2D eigenvalue weighted by molar-refractivity contribution is 6.05. The molecule has 30 heavy (non-hydrogen) atoms. The molecule has 0 radical (unpaired) electrons. The van der Waals surface area contributed by atoms with Crippen LogP contribution in [0.4, 0.5) is 11.4 Å². The van der Waals surface area contributed by atoms with Gasteiger partial charge in [0.15, 0.2) is 0 Å². The monoisotopic (exact) mass is 402 g/mol. The molecule has 0 unspecified atom stereocenters. The number of hydrogen-bond acceptors (Lipinski definition) is 3. The van der Waals surface area contributed by atoms with E-state index in [1.54, 1.807) is 0 Å². The maximum absolute atomic E-state index is 13.0. The Labute approximate surface area is 178 Å². The molecule has 1 fully saturated rings. The second-order valence-corrected chi connectivity index (χ2v) is 8.25. The van der Waals surface area contributed by atoms with E-state index < -0.39 is 0 Å². The summed E-state index contributed by atoms with van der Waals surface area (Å²) in [5.41, 5.74) is 7.01. The molecule has 5 heteroatoms. The third kappa shape index (κ3) is 4.12. The van der Waals surface area contributed by atoms with Gasteiger partial charge in [-0.1, -0.05) is 12.1 Å². The molecule has 0 aliphatic carbocycles. The van der Waals surface area contributed by atoms with E-state index in [9.17, 15) is 4.79 Å². The molecule has 1 amide bonds. The number of rotatable bonds is 4. The Balaban J connectivity index is 1.50. The number of amides is 1. The lowest BCUT2D eigenvalue weighted by atomic mass is 10.2. The minimum atomic E-state index is -0.0747. The van der Waals surface area contributed by atoms with Gasteiger partial charge < -0.3 is 19.7 Å². The first-order valence-corrected chi connectivity index (χ1v) is 10.5. The summed E-state index contributed by atoms with van der Waals surface area (Å²) >= 11 is 0. The molecule has 5 nitrogen and oxygen atoms in total. The summed E-state index contributed by atoms with van der Waals surface area (Å²) in [6.45, 7) is 10.3. The molecule has 0 atom stereocenters. The number of nitrogens with one attached hydrogen (secondary N) is 1. The van der Waals surface area contributed by atoms with Crippen LogP contribution < -0.4 is 10.2 Å². The standard InChI is InChI=1S/C25H30N4O/c1-18-6-5-7-23(16-18)29-19(2)17-24(20(29)3)25(30)26-21-8-10-22(11-9-21)28-14-12-27(4)13-15-28/h5-11,16-17H,12-15H2,1-4H3,(H,26,30). The predicted molar refractivity (Wildman–Crippen MR) is 124 cm³/mol. The minimum Gasteiger partial charge on any atom is -0.369 e. The van der Waals surface area contributed by atoms with Crippen LogP contribution in [-0.4, -0.2) is 48.6 Å². The van der Waals surface area contributed by atoms with Crippen molar-refractivity contribution in [3.8, 4) is 5.69 Å². The highest BCUT2D eigenvalue weighted by atomic mass is 16.1. The molecule has 0 spiro atoms. The normalized spacial score (nSPS) is 14.7. The van der Waals surface area contributed by atoms with Gasteiger partial charge in [0.25, 0.3) is 5.91 Å². The van der Waals surface area contributed by atoms with E-state index in [1.165, 1.54) is 11.3 Å². The number of aryl methyl sites for hydroxylation is 2. The second kappa shape index (κ2) is 8.36. The summed E-state index contributed by atoms with van der Waals surface area (Å²) in [5, 5.41) is 3.06. The molecule has 1 aromatic heterocycles. The van der Waals surface area contributed by atoms with Gasteiger partial charge in [-0.25, -0.2) is 0 Å². The Bertz CT molecular complexity index is 1040. The van der Waals surface area contributed by atoms with Crippen molar-refractivity contribution in [1.82, 2.24) is 9.47 Å². The predicted octanol–water partition coefficient (Wildman–Crippen LogP) is 4.41. The molecule has 1 aliphatic heterocycles. The van der Waals surface area contributed by atoms with Gasteiger partial charge in [0.1, 0.15) is 0 Å². The van der Waals surface area contributed by atoms with Crippen molar-refractivity contribution in [3.05, 3.63) is 77.1 Å². The fourth-order valence-corrected chi connectivity index (χ4v) is 4.18. The van der Waals surface area contributed by atoms with Crippen LogP contribution >= 0.6 is 0 Å². The van der Waals surface area contributed by atoms with Gasteiger partial charge in [0.05, 0.1) is 5.56 Å². The SMILES string of the molecule is Cc1cccc(-n2c(C)cc(C(=O)Nc3ccc(N4CCN(C)CC4)cc3)c2C)c1. The number of aromatic nitrogens is 1. The van der Waals surface area contributed by atoms with E-state index in [2.05, 4.69) is 64.0 Å². The molecule has 1 aliphatic rings. The third-order valence-electron chi connectivity index (χ3n) is 5.93. The van der Waals surface area contributed by atoms with E-state index in [1.807, 2.05) is 38.1 Å². The lowest BCUT2D eigenvalue weighted by molar-refractivity contribution is 0.102. The lowest BCUT2D eigenvalue weighted by Gasteiger charge is -2.34. The third-order valence-corrected chi connectivity index (χ3v) is 5.93. The smallest absolute Gasteiger partial charge is 0.257 e. The Morgan fingerprint density at radius 1 is 0.867 bits per heavy atom. The summed E-state index contributed by atoms with van der Waals surface area (Å²) in [6, 6.07) is 18.5. The van der Waals surface area contributed by atoms with Crippen molar-refractivity contribution in [2.75, 3.05) is 43.4 Å². The van der Waals surface area contributed by atoms with E-state index in [0.717, 1.165) is 48.9 Å². The van der Waals surface area contributed by atoms with Crippen molar-refractivity contribution in [2.24, 2.45) is 0 Å². The zero-order valence-electron chi connectivity index (χ0n) is 18.3. The lowest BCUT2D eigenvalue weighted by Crippen LogP contribution is -2.44. The van der Waals surface area contributed by atoms with E-state index >= 15 is 0 Å². The van der Waals surface area contributed by atoms with Gasteiger partial charge in [0.2, 0.25) is 0 Å². The van der Waals surface area contributed by atoms with Crippen molar-refractivity contribution in [3.63, 3.8) is 0 Å². The van der Waals surface area contributed by atoms with Crippen LogP contribution in [-0.2, 0) is 0 Å². The number of carbonyl (C=O) groups excluding carboxylic acids is 1. The average molecular weight is 403 g/mol. The van der Waals surface area contributed by atoms with Gasteiger partial charge in [-0.15, -0.1) is 0 Å². The summed E-state index contributed by atoms with van der Waals surface area (Å²) in [5.74, 6) is -0.0747. The summed E-state index contributed by atoms with van der Waals surface area (Å²) in [7, 11) is 2.16. The number of benzene rings is 2. The van der Waals surface area contributed by atoms with Crippen LogP contribution in [0.25, 0.3) is 5.69 Å². The van der Waals surface area contributed by atoms with Crippen LogP contribution in [0.3, 0.4) is 0 Å². The van der Waals surface area contributed by atoms with Crippen molar-refractivity contribution in [2.45, 2.75) is 20.8 Å². The Morgan fingerprint density at radius 3 is 2.23 bits per heavy atom. The van der Waals surface area contributed by atoms with E-state index in [4.69, 9.17) is 0 Å². The summed E-state index contributed by atoms with van der Waals surface area (Å²) < 4.78 is 2.14. The van der Waals surface area contributed by atoms with Gasteiger partial charge in [0, 0.05) is 54.6 Å². The van der Waals surface area contributed by atoms with Gasteiger partial charge in [-0.3, -0.25) is 4.79 Å². The van der Waals surface area contributed by atoms with Crippen LogP contribution in [0.5, 0.6) is 0 Å². The largest absolute Gasteiger partial charge is 0.369 e. The minimum absolute atomic E-state index is 0.0747. The fourth-order valence-electron chi connectivity index (χ4n) is 4.18. The molecule has 0 saturated carbocycles. The molecule has 3 aromatic rings. The zero-order valence-corrected chi connectivity index (χ0v) is 18.3. The maximum Gasteiger partial charge on any atom is 0.257 e. The quantitative estimate of drug-likeness (QED) is 0.703. The molecule has 0 bridgehead atoms. The molecule has 4 rings (SSSR count). The average Bonchev–Trinajstić information content (AvgIpc) is 3.03. The Kier molecular flexibility index (Phi) is 5.64. The molecule has 2 aromatic carbocycles. The van der Waals surface area contributed by atoms with Crippen LogP contribution in [0.2, 0.25) is 0 Å². The van der Waals surface area contributed by atoms with Crippen LogP contribution in [0, 0.1) is 20.8 Å². The number of nitrogens with zero attached hydrogens (tertiary/aromatic N) is 3. The number of carbonyl (C=O) groups is 1. The molecular formula is C25H30N4O. The van der Waals surface area contributed by atoms with Crippen LogP contribution in [0.1, 0.15) is 27.3 Å². The molecular weight excluding hydrogens is 372 g/mol. The van der Waals surface area contributed by atoms with Crippen molar-refractivity contribution in [1.29, 1.82) is 0 Å². The second-order valence-electron chi connectivity index (χ2n) is 8.25. The topological polar surface area (TPSA) is 40.5 Å². The highest BCUT2D eigenvalue weighted by Gasteiger charge is 2.18. The number of hydrogen-bond donors (Lipinski definition) is 1. The summed E-state index contributed by atoms with van der Waals surface area (Å²) in [6.07, 6.45) is 0. The first-order chi connectivity index (χ1) is 14.4. The number of likely N-dealkylation sites (N-methyl/N-ethyl adjacent to an activating group) is 1. The zero-order chi connectivity index (χ0) is 21.3. The molecule has 156 valence electrons. The highest BCUT2D eigenvalue weighted by Crippen LogP contribution is 2.24. The first kappa shape index (κ1) is 20.2. The number of anilines is 2. The van der Waals surface area contributed by atoms with Crippen molar-refractivity contribution < 1.29 is 4.79 Å². The van der Waals surface area contributed by atoms with Gasteiger partial charge >= 0.3 is 0 Å². The molecule has 1 N–H and O–H groups in total. The van der Waals surface area contributed by atoms with Gasteiger partial charge in [-0.2, -0.15) is 0 Å². The van der Waals surface area contributed by atoms with E-state index in [-0.39, 0.29) is 5.91 Å².